The lowest BCUT2D eigenvalue weighted by Gasteiger charge is -2.21. The number of hydrogen-bond donors (Lipinski definition) is 0. The average Bonchev–Trinajstić information content (AvgIpc) is 3.58. The number of fused-ring (bicyclic) bond motifs is 5. The lowest BCUT2D eigenvalue weighted by atomic mass is 9.83. The molecule has 0 N–H and O–H groups in total. The molecule has 10 aromatic rings. The Morgan fingerprint density at radius 3 is 1.90 bits per heavy atom. The summed E-state index contributed by atoms with van der Waals surface area (Å²) in [7, 11) is 0. The number of imidazole rings is 1. The molecule has 0 saturated heterocycles. The summed E-state index contributed by atoms with van der Waals surface area (Å²) >= 11 is 0. The zero-order chi connectivity index (χ0) is 33.9. The molecular weight excluding hydrogens is 617 g/mol. The summed E-state index contributed by atoms with van der Waals surface area (Å²) in [6, 6.07) is 64.3. The molecule has 0 aliphatic rings. The molecule has 0 radical (unpaired) electrons. The Bertz CT molecular complexity index is 2950. The molecule has 0 fully saturated rings. The fraction of sp³-hybridized carbons (Fsp3) is 0.0408. The highest BCUT2D eigenvalue weighted by atomic mass is 15.1. The van der Waals surface area contributed by atoms with Crippen molar-refractivity contribution in [3.63, 3.8) is 0 Å². The summed E-state index contributed by atoms with van der Waals surface area (Å²) < 4.78 is 2.35. The van der Waals surface area contributed by atoms with Crippen molar-refractivity contribution in [1.29, 1.82) is 0 Å². The Balaban J connectivity index is 1.31. The van der Waals surface area contributed by atoms with Crippen molar-refractivity contribution >= 4 is 54.1 Å². The number of aromatic nitrogens is 2. The van der Waals surface area contributed by atoms with E-state index in [0.717, 1.165) is 29.0 Å². The fourth-order valence-electron chi connectivity index (χ4n) is 8.21. The van der Waals surface area contributed by atoms with Crippen molar-refractivity contribution < 1.29 is 0 Å². The molecule has 1 heterocycles. The van der Waals surface area contributed by atoms with Gasteiger partial charge < -0.3 is 0 Å². The number of benzene rings is 9. The minimum Gasteiger partial charge on any atom is -0.296 e. The van der Waals surface area contributed by atoms with Crippen LogP contribution < -0.4 is 0 Å². The zero-order valence-corrected chi connectivity index (χ0v) is 28.3. The topological polar surface area (TPSA) is 17.8 Å². The highest BCUT2D eigenvalue weighted by molar-refractivity contribution is 6.24. The first-order valence-electron chi connectivity index (χ1n) is 17.8. The SMILES string of the molecule is CCc1nc2ccccc2n1-c1ccc(-c2c3ccccc3c(-c3ccc4ccccc4c3)c3cc(-c4ccccc4)ccc23)c2ccccc12. The molecule has 0 aliphatic heterocycles. The van der Waals surface area contributed by atoms with E-state index in [9.17, 15) is 0 Å². The summed E-state index contributed by atoms with van der Waals surface area (Å²) in [5.41, 5.74) is 10.7. The van der Waals surface area contributed by atoms with Crippen LogP contribution in [0.5, 0.6) is 0 Å². The van der Waals surface area contributed by atoms with Gasteiger partial charge in [0.15, 0.2) is 0 Å². The molecular formula is C49H34N2. The molecule has 10 rings (SSSR count). The molecule has 0 atom stereocenters. The lowest BCUT2D eigenvalue weighted by molar-refractivity contribution is 0.913. The van der Waals surface area contributed by atoms with Crippen LogP contribution in [0, 0.1) is 0 Å². The summed E-state index contributed by atoms with van der Waals surface area (Å²) in [6.07, 6.45) is 0.847. The summed E-state index contributed by atoms with van der Waals surface area (Å²) in [6.45, 7) is 2.19. The van der Waals surface area contributed by atoms with Crippen LogP contribution in [0.15, 0.2) is 176 Å². The molecule has 0 saturated carbocycles. The van der Waals surface area contributed by atoms with Gasteiger partial charge in [-0.05, 0) is 101 Å². The molecule has 240 valence electrons. The van der Waals surface area contributed by atoms with Gasteiger partial charge in [-0.15, -0.1) is 0 Å². The van der Waals surface area contributed by atoms with E-state index < -0.39 is 0 Å². The Kier molecular flexibility index (Phi) is 6.82. The summed E-state index contributed by atoms with van der Waals surface area (Å²) in [4.78, 5) is 5.03. The Labute approximate surface area is 296 Å². The van der Waals surface area contributed by atoms with Crippen LogP contribution in [0.2, 0.25) is 0 Å². The van der Waals surface area contributed by atoms with E-state index in [1.165, 1.54) is 76.5 Å². The maximum Gasteiger partial charge on any atom is 0.114 e. The summed E-state index contributed by atoms with van der Waals surface area (Å²) in [5, 5.41) is 9.94. The molecule has 0 unspecified atom stereocenters. The van der Waals surface area contributed by atoms with Crippen molar-refractivity contribution in [2.24, 2.45) is 0 Å². The van der Waals surface area contributed by atoms with E-state index in [-0.39, 0.29) is 0 Å². The molecule has 0 aliphatic carbocycles. The van der Waals surface area contributed by atoms with Crippen LogP contribution >= 0.6 is 0 Å². The highest BCUT2D eigenvalue weighted by Crippen LogP contribution is 2.47. The average molecular weight is 651 g/mol. The molecule has 0 bridgehead atoms. The van der Waals surface area contributed by atoms with Crippen LogP contribution in [0.25, 0.3) is 93.2 Å². The van der Waals surface area contributed by atoms with Gasteiger partial charge in [0.1, 0.15) is 5.82 Å². The van der Waals surface area contributed by atoms with Crippen LogP contribution in [0.4, 0.5) is 0 Å². The van der Waals surface area contributed by atoms with Gasteiger partial charge in [0, 0.05) is 11.8 Å². The van der Waals surface area contributed by atoms with E-state index in [2.05, 4.69) is 187 Å². The minimum atomic E-state index is 0.847. The van der Waals surface area contributed by atoms with Gasteiger partial charge in [-0.1, -0.05) is 153 Å². The second kappa shape index (κ2) is 11.8. The first-order chi connectivity index (χ1) is 25.3. The molecule has 0 amide bonds. The maximum absolute atomic E-state index is 5.03. The fourth-order valence-corrected chi connectivity index (χ4v) is 8.21. The van der Waals surface area contributed by atoms with Crippen LogP contribution in [-0.2, 0) is 6.42 Å². The number of para-hydroxylation sites is 2. The smallest absolute Gasteiger partial charge is 0.114 e. The van der Waals surface area contributed by atoms with Gasteiger partial charge >= 0.3 is 0 Å². The molecule has 51 heavy (non-hydrogen) atoms. The van der Waals surface area contributed by atoms with Crippen LogP contribution in [0.3, 0.4) is 0 Å². The molecule has 2 nitrogen and oxygen atoms in total. The Morgan fingerprint density at radius 1 is 0.431 bits per heavy atom. The normalized spacial score (nSPS) is 11.7. The van der Waals surface area contributed by atoms with E-state index in [1.54, 1.807) is 0 Å². The standard InChI is InChI=1S/C49H34N2/c1-2-47-50-44-22-12-13-23-46(44)51(47)45-29-28-41(37-18-8-9-19-38(37)45)49-40-21-11-10-20-39(40)48(36-25-24-33-16-6-7-17-34(33)30-36)43-31-35(26-27-42(43)49)32-14-4-3-5-15-32/h3-31H,2H2,1H3. The van der Waals surface area contributed by atoms with Crippen molar-refractivity contribution in [2.75, 3.05) is 0 Å². The molecule has 1 aromatic heterocycles. The lowest BCUT2D eigenvalue weighted by Crippen LogP contribution is -2.01. The number of hydrogen-bond acceptors (Lipinski definition) is 1. The second-order valence-corrected chi connectivity index (χ2v) is 13.4. The number of nitrogens with zero attached hydrogens (tertiary/aromatic N) is 2. The van der Waals surface area contributed by atoms with Gasteiger partial charge in [-0.25, -0.2) is 4.98 Å². The van der Waals surface area contributed by atoms with Crippen molar-refractivity contribution in [1.82, 2.24) is 9.55 Å². The van der Waals surface area contributed by atoms with E-state index in [0.29, 0.717) is 0 Å². The van der Waals surface area contributed by atoms with Gasteiger partial charge in [0.05, 0.1) is 16.7 Å². The predicted octanol–water partition coefficient (Wildman–Crippen LogP) is 13.2. The van der Waals surface area contributed by atoms with Gasteiger partial charge in [-0.2, -0.15) is 0 Å². The monoisotopic (exact) mass is 650 g/mol. The third-order valence-corrected chi connectivity index (χ3v) is 10.5. The van der Waals surface area contributed by atoms with Crippen LogP contribution in [-0.4, -0.2) is 9.55 Å². The van der Waals surface area contributed by atoms with Gasteiger partial charge in [-0.3, -0.25) is 4.57 Å². The largest absolute Gasteiger partial charge is 0.296 e. The van der Waals surface area contributed by atoms with Crippen molar-refractivity contribution in [2.45, 2.75) is 13.3 Å². The van der Waals surface area contributed by atoms with E-state index >= 15 is 0 Å². The quantitative estimate of drug-likeness (QED) is 0.170. The minimum absolute atomic E-state index is 0.847. The van der Waals surface area contributed by atoms with Crippen molar-refractivity contribution in [3.8, 4) is 39.1 Å². The highest BCUT2D eigenvalue weighted by Gasteiger charge is 2.21. The van der Waals surface area contributed by atoms with Gasteiger partial charge in [0.2, 0.25) is 0 Å². The second-order valence-electron chi connectivity index (χ2n) is 13.4. The number of aryl methyl sites for hydroxylation is 1. The molecule has 0 spiro atoms. The predicted molar refractivity (Wildman–Crippen MR) is 217 cm³/mol. The zero-order valence-electron chi connectivity index (χ0n) is 28.3. The third kappa shape index (κ3) is 4.68. The Morgan fingerprint density at radius 2 is 1.08 bits per heavy atom. The molecule has 9 aromatic carbocycles. The Hall–Kier alpha value is -6.51. The van der Waals surface area contributed by atoms with Crippen LogP contribution in [0.1, 0.15) is 12.7 Å². The first-order valence-corrected chi connectivity index (χ1v) is 17.8. The van der Waals surface area contributed by atoms with E-state index in [4.69, 9.17) is 4.98 Å². The van der Waals surface area contributed by atoms with Crippen molar-refractivity contribution in [3.05, 3.63) is 182 Å². The number of rotatable bonds is 5. The summed E-state index contributed by atoms with van der Waals surface area (Å²) in [5.74, 6) is 1.07. The first kappa shape index (κ1) is 29.4. The third-order valence-electron chi connectivity index (χ3n) is 10.5. The maximum atomic E-state index is 5.03. The molecule has 2 heteroatoms. The van der Waals surface area contributed by atoms with Gasteiger partial charge in [0.25, 0.3) is 0 Å². The van der Waals surface area contributed by atoms with E-state index in [1.807, 2.05) is 0 Å².